The third kappa shape index (κ3) is 5.18. The van der Waals surface area contributed by atoms with Gasteiger partial charge in [0.2, 0.25) is 0 Å². The predicted molar refractivity (Wildman–Crippen MR) is 94.0 cm³/mol. The van der Waals surface area contributed by atoms with Crippen LogP contribution in [0.1, 0.15) is 32.8 Å². The topological polar surface area (TPSA) is 36.5 Å². The molecule has 2 N–H and O–H groups in total. The first-order valence-corrected chi connectivity index (χ1v) is 8.30. The Bertz CT molecular complexity index is 485. The van der Waals surface area contributed by atoms with Crippen molar-refractivity contribution < 1.29 is 4.74 Å². The van der Waals surface area contributed by atoms with Crippen molar-refractivity contribution in [3.05, 3.63) is 23.8 Å². The fourth-order valence-corrected chi connectivity index (χ4v) is 2.74. The van der Waals surface area contributed by atoms with E-state index in [1.807, 2.05) is 0 Å². The van der Waals surface area contributed by atoms with Crippen molar-refractivity contribution in [2.45, 2.75) is 45.3 Å². The highest BCUT2D eigenvalue weighted by atomic mass is 16.5. The molecule has 1 heterocycles. The van der Waals surface area contributed by atoms with Gasteiger partial charge in [-0.25, -0.2) is 0 Å². The number of hydrogen-bond donors (Lipinski definition) is 2. The minimum Gasteiger partial charge on any atom is -0.484 e. The van der Waals surface area contributed by atoms with Crippen LogP contribution in [0.2, 0.25) is 0 Å². The molecule has 1 aliphatic heterocycles. The van der Waals surface area contributed by atoms with E-state index in [1.54, 1.807) is 0 Å². The molecule has 0 fully saturated rings. The van der Waals surface area contributed by atoms with Gasteiger partial charge in [-0.1, -0.05) is 6.07 Å². The fraction of sp³-hybridized carbons (Fsp3) is 0.667. The van der Waals surface area contributed by atoms with Crippen molar-refractivity contribution >= 4 is 5.69 Å². The van der Waals surface area contributed by atoms with Crippen LogP contribution in [0.4, 0.5) is 5.69 Å². The lowest BCUT2D eigenvalue weighted by Crippen LogP contribution is -2.40. The molecule has 124 valence electrons. The van der Waals surface area contributed by atoms with Crippen LogP contribution in [-0.2, 0) is 6.42 Å². The maximum Gasteiger partial charge on any atom is 0.143 e. The van der Waals surface area contributed by atoms with Crippen molar-refractivity contribution in [3.8, 4) is 5.75 Å². The van der Waals surface area contributed by atoms with Crippen LogP contribution in [0, 0.1) is 0 Å². The molecule has 0 saturated carbocycles. The molecule has 0 saturated heterocycles. The van der Waals surface area contributed by atoms with Gasteiger partial charge in [0, 0.05) is 6.04 Å². The molecule has 1 aliphatic rings. The van der Waals surface area contributed by atoms with Crippen LogP contribution in [0.25, 0.3) is 0 Å². The predicted octanol–water partition coefficient (Wildman–Crippen LogP) is 2.74. The van der Waals surface area contributed by atoms with Crippen LogP contribution in [0.5, 0.6) is 5.75 Å². The average molecular weight is 305 g/mol. The number of hydrogen-bond acceptors (Lipinski definition) is 4. The maximum atomic E-state index is 6.00. The SMILES string of the molecule is CC(Cc1ccc2c(c1)NCC(C)(C)O2)NCCCN(C)C. The molecule has 2 rings (SSSR count). The minimum atomic E-state index is -0.129. The maximum absolute atomic E-state index is 6.00. The highest BCUT2D eigenvalue weighted by Gasteiger charge is 2.26. The molecular weight excluding hydrogens is 274 g/mol. The lowest BCUT2D eigenvalue weighted by atomic mass is 10.0. The third-order valence-corrected chi connectivity index (χ3v) is 3.95. The Morgan fingerprint density at radius 1 is 1.36 bits per heavy atom. The first kappa shape index (κ1) is 17.1. The largest absolute Gasteiger partial charge is 0.484 e. The number of fused-ring (bicyclic) bond motifs is 1. The van der Waals surface area contributed by atoms with E-state index in [-0.39, 0.29) is 5.60 Å². The lowest BCUT2D eigenvalue weighted by molar-refractivity contribution is 0.116. The van der Waals surface area contributed by atoms with Crippen molar-refractivity contribution in [1.82, 2.24) is 10.2 Å². The number of ether oxygens (including phenoxy) is 1. The van der Waals surface area contributed by atoms with Crippen LogP contribution < -0.4 is 15.4 Å². The Morgan fingerprint density at radius 3 is 2.86 bits per heavy atom. The highest BCUT2D eigenvalue weighted by Crippen LogP contribution is 2.33. The summed E-state index contributed by atoms with van der Waals surface area (Å²) in [4.78, 5) is 2.23. The molecule has 1 atom stereocenters. The monoisotopic (exact) mass is 305 g/mol. The number of rotatable bonds is 7. The molecule has 0 radical (unpaired) electrons. The van der Waals surface area contributed by atoms with Crippen molar-refractivity contribution in [2.75, 3.05) is 39.0 Å². The van der Waals surface area contributed by atoms with Crippen LogP contribution in [0.3, 0.4) is 0 Å². The summed E-state index contributed by atoms with van der Waals surface area (Å²) < 4.78 is 6.00. The van der Waals surface area contributed by atoms with Crippen LogP contribution >= 0.6 is 0 Å². The van der Waals surface area contributed by atoms with E-state index in [0.29, 0.717) is 6.04 Å². The van der Waals surface area contributed by atoms with Gasteiger partial charge in [-0.05, 0) is 78.5 Å². The number of nitrogens with zero attached hydrogens (tertiary/aromatic N) is 1. The summed E-state index contributed by atoms with van der Waals surface area (Å²) in [7, 11) is 4.24. The van der Waals surface area contributed by atoms with Gasteiger partial charge in [-0.2, -0.15) is 0 Å². The number of anilines is 1. The number of benzene rings is 1. The van der Waals surface area contributed by atoms with E-state index in [9.17, 15) is 0 Å². The summed E-state index contributed by atoms with van der Waals surface area (Å²) in [6.07, 6.45) is 2.23. The summed E-state index contributed by atoms with van der Waals surface area (Å²) in [6.45, 7) is 9.52. The Balaban J connectivity index is 1.83. The molecule has 1 unspecified atom stereocenters. The molecule has 4 nitrogen and oxygen atoms in total. The van der Waals surface area contributed by atoms with Gasteiger partial charge in [0.15, 0.2) is 0 Å². The zero-order valence-electron chi connectivity index (χ0n) is 14.7. The Labute approximate surface area is 135 Å². The highest BCUT2D eigenvalue weighted by molar-refractivity contribution is 5.60. The molecule has 22 heavy (non-hydrogen) atoms. The second kappa shape index (κ2) is 7.34. The van der Waals surface area contributed by atoms with E-state index in [1.165, 1.54) is 12.0 Å². The van der Waals surface area contributed by atoms with E-state index in [2.05, 4.69) is 68.6 Å². The van der Waals surface area contributed by atoms with Crippen molar-refractivity contribution in [1.29, 1.82) is 0 Å². The smallest absolute Gasteiger partial charge is 0.143 e. The van der Waals surface area contributed by atoms with Gasteiger partial charge in [0.1, 0.15) is 11.4 Å². The Hall–Kier alpha value is -1.26. The average Bonchev–Trinajstić information content (AvgIpc) is 2.43. The summed E-state index contributed by atoms with van der Waals surface area (Å²) in [5, 5.41) is 7.08. The van der Waals surface area contributed by atoms with Gasteiger partial charge < -0.3 is 20.3 Å². The van der Waals surface area contributed by atoms with Gasteiger partial charge in [-0.15, -0.1) is 0 Å². The minimum absolute atomic E-state index is 0.129. The second-order valence-electron chi connectivity index (χ2n) is 7.26. The van der Waals surface area contributed by atoms with E-state index in [0.717, 1.165) is 37.5 Å². The summed E-state index contributed by atoms with van der Waals surface area (Å²) in [5.41, 5.74) is 2.34. The first-order valence-electron chi connectivity index (χ1n) is 8.30. The third-order valence-electron chi connectivity index (χ3n) is 3.95. The molecule has 0 spiro atoms. The molecule has 1 aromatic rings. The second-order valence-corrected chi connectivity index (χ2v) is 7.26. The summed E-state index contributed by atoms with van der Waals surface area (Å²) in [6, 6.07) is 6.99. The number of nitrogens with one attached hydrogen (secondary N) is 2. The molecule has 0 aliphatic carbocycles. The van der Waals surface area contributed by atoms with E-state index >= 15 is 0 Å². The molecule has 0 bridgehead atoms. The molecule has 4 heteroatoms. The first-order chi connectivity index (χ1) is 10.4. The van der Waals surface area contributed by atoms with Crippen LogP contribution in [-0.4, -0.2) is 50.3 Å². The van der Waals surface area contributed by atoms with Gasteiger partial charge in [0.05, 0.1) is 12.2 Å². The van der Waals surface area contributed by atoms with E-state index < -0.39 is 0 Å². The summed E-state index contributed by atoms with van der Waals surface area (Å²) >= 11 is 0. The Kier molecular flexibility index (Phi) is 5.70. The van der Waals surface area contributed by atoms with Gasteiger partial charge >= 0.3 is 0 Å². The quantitative estimate of drug-likeness (QED) is 0.760. The van der Waals surface area contributed by atoms with Gasteiger partial charge in [-0.3, -0.25) is 0 Å². The molecular formula is C18H31N3O. The normalized spacial score (nSPS) is 17.5. The molecule has 0 amide bonds. The zero-order chi connectivity index (χ0) is 16.2. The lowest BCUT2D eigenvalue weighted by Gasteiger charge is -2.33. The van der Waals surface area contributed by atoms with E-state index in [4.69, 9.17) is 4.74 Å². The molecule has 0 aromatic heterocycles. The zero-order valence-corrected chi connectivity index (χ0v) is 14.7. The van der Waals surface area contributed by atoms with Crippen LogP contribution in [0.15, 0.2) is 18.2 Å². The molecule has 1 aromatic carbocycles. The van der Waals surface area contributed by atoms with Gasteiger partial charge in [0.25, 0.3) is 0 Å². The Morgan fingerprint density at radius 2 is 2.14 bits per heavy atom. The fourth-order valence-electron chi connectivity index (χ4n) is 2.74. The van der Waals surface area contributed by atoms with Crippen molar-refractivity contribution in [3.63, 3.8) is 0 Å². The standard InChI is InChI=1S/C18H31N3O/c1-14(19-9-6-10-21(4)5)11-15-7-8-17-16(12-15)20-13-18(2,3)22-17/h7-8,12,14,19-20H,6,9-11,13H2,1-5H3. The van der Waals surface area contributed by atoms with Crippen molar-refractivity contribution in [2.24, 2.45) is 0 Å². The summed E-state index contributed by atoms with van der Waals surface area (Å²) in [5.74, 6) is 0.964.